The highest BCUT2D eigenvalue weighted by Gasteiger charge is 2.03. The van der Waals surface area contributed by atoms with E-state index in [9.17, 15) is 4.79 Å². The van der Waals surface area contributed by atoms with Gasteiger partial charge in [-0.25, -0.2) is 0 Å². The maximum Gasteiger partial charge on any atom is 0.227 e. The number of halogens is 1. The number of ether oxygens (including phenoxy) is 1. The molecule has 3 nitrogen and oxygen atoms in total. The largest absolute Gasteiger partial charge is 0.493 e. The van der Waals surface area contributed by atoms with E-state index in [1.54, 1.807) is 0 Å². The fraction of sp³-hybridized carbons (Fsp3) is 0.235. The van der Waals surface area contributed by atoms with E-state index in [0.29, 0.717) is 13.0 Å². The van der Waals surface area contributed by atoms with Gasteiger partial charge in [0.1, 0.15) is 5.75 Å². The van der Waals surface area contributed by atoms with Gasteiger partial charge >= 0.3 is 0 Å². The maximum absolute atomic E-state index is 11.8. The lowest BCUT2D eigenvalue weighted by atomic mass is 10.1. The summed E-state index contributed by atoms with van der Waals surface area (Å²) in [5, 5.41) is 3.81. The van der Waals surface area contributed by atoms with Gasteiger partial charge in [-0.1, -0.05) is 46.3 Å². The number of amides is 1. The Morgan fingerprint density at radius 1 is 1.05 bits per heavy atom. The molecule has 1 amide bonds. The molecule has 110 valence electrons. The van der Waals surface area contributed by atoms with Gasteiger partial charge in [0.15, 0.2) is 0 Å². The van der Waals surface area contributed by atoms with Crippen molar-refractivity contribution in [2.24, 2.45) is 0 Å². The minimum absolute atomic E-state index is 0.0424. The van der Waals surface area contributed by atoms with Crippen LogP contribution in [0.5, 0.6) is 5.75 Å². The zero-order chi connectivity index (χ0) is 14.9. The summed E-state index contributed by atoms with van der Waals surface area (Å²) in [6.07, 6.45) is 1.32. The van der Waals surface area contributed by atoms with E-state index in [2.05, 4.69) is 21.2 Å². The Labute approximate surface area is 133 Å². The van der Waals surface area contributed by atoms with Crippen LogP contribution in [0.15, 0.2) is 54.6 Å². The third-order valence-corrected chi connectivity index (χ3v) is 3.36. The predicted octanol–water partition coefficient (Wildman–Crippen LogP) is 4.03. The van der Waals surface area contributed by atoms with Crippen LogP contribution in [0.2, 0.25) is 0 Å². The van der Waals surface area contributed by atoms with Gasteiger partial charge in [-0.3, -0.25) is 4.79 Å². The number of nitrogens with one attached hydrogen (secondary N) is 1. The van der Waals surface area contributed by atoms with Crippen molar-refractivity contribution >= 4 is 27.5 Å². The number of benzene rings is 2. The van der Waals surface area contributed by atoms with Crippen molar-refractivity contribution in [3.63, 3.8) is 0 Å². The van der Waals surface area contributed by atoms with E-state index in [1.165, 1.54) is 5.56 Å². The second-order valence-electron chi connectivity index (χ2n) is 4.60. The van der Waals surface area contributed by atoms with Crippen LogP contribution in [0.3, 0.4) is 0 Å². The van der Waals surface area contributed by atoms with Crippen LogP contribution in [0.4, 0.5) is 5.69 Å². The van der Waals surface area contributed by atoms with Crippen LogP contribution in [0.1, 0.15) is 12.0 Å². The summed E-state index contributed by atoms with van der Waals surface area (Å²) in [6, 6.07) is 17.4. The number of para-hydroxylation sites is 1. The molecule has 0 aromatic heterocycles. The van der Waals surface area contributed by atoms with E-state index in [4.69, 9.17) is 4.74 Å². The topological polar surface area (TPSA) is 38.3 Å². The highest BCUT2D eigenvalue weighted by atomic mass is 79.9. The molecule has 0 spiro atoms. The van der Waals surface area contributed by atoms with Crippen LogP contribution >= 0.6 is 15.9 Å². The van der Waals surface area contributed by atoms with Gasteiger partial charge in [0.05, 0.1) is 13.0 Å². The van der Waals surface area contributed by atoms with Crippen molar-refractivity contribution in [1.82, 2.24) is 0 Å². The zero-order valence-corrected chi connectivity index (χ0v) is 13.3. The molecule has 21 heavy (non-hydrogen) atoms. The summed E-state index contributed by atoms with van der Waals surface area (Å²) in [5.74, 6) is 0.739. The molecule has 0 radical (unpaired) electrons. The first-order valence-electron chi connectivity index (χ1n) is 6.90. The SMILES string of the molecule is O=C(CCOc1ccccc1)Nc1ccc(CCBr)cc1. The van der Waals surface area contributed by atoms with Gasteiger partial charge in [-0.05, 0) is 36.2 Å². The molecule has 0 heterocycles. The van der Waals surface area contributed by atoms with Gasteiger partial charge in [-0.15, -0.1) is 0 Å². The van der Waals surface area contributed by atoms with Crippen LogP contribution in [-0.4, -0.2) is 17.8 Å². The molecular formula is C17H18BrNO2. The second-order valence-corrected chi connectivity index (χ2v) is 5.39. The van der Waals surface area contributed by atoms with E-state index in [0.717, 1.165) is 23.2 Å². The van der Waals surface area contributed by atoms with E-state index in [1.807, 2.05) is 54.6 Å². The lowest BCUT2D eigenvalue weighted by molar-refractivity contribution is -0.116. The summed E-state index contributed by atoms with van der Waals surface area (Å²) >= 11 is 3.41. The van der Waals surface area contributed by atoms with Crippen molar-refractivity contribution in [1.29, 1.82) is 0 Å². The molecule has 0 aliphatic rings. The Morgan fingerprint density at radius 3 is 2.43 bits per heavy atom. The fourth-order valence-corrected chi connectivity index (χ4v) is 2.32. The van der Waals surface area contributed by atoms with Crippen molar-refractivity contribution in [3.8, 4) is 5.75 Å². The molecule has 1 N–H and O–H groups in total. The van der Waals surface area contributed by atoms with E-state index < -0.39 is 0 Å². The summed E-state index contributed by atoms with van der Waals surface area (Å²) in [7, 11) is 0. The summed E-state index contributed by atoms with van der Waals surface area (Å²) < 4.78 is 5.50. The summed E-state index contributed by atoms with van der Waals surface area (Å²) in [5.41, 5.74) is 2.07. The van der Waals surface area contributed by atoms with Gasteiger partial charge in [0.2, 0.25) is 5.91 Å². The standard InChI is InChI=1S/C17H18BrNO2/c18-12-10-14-6-8-15(9-7-14)19-17(20)11-13-21-16-4-2-1-3-5-16/h1-9H,10-13H2,(H,19,20). The average molecular weight is 348 g/mol. The lowest BCUT2D eigenvalue weighted by Crippen LogP contribution is -2.15. The lowest BCUT2D eigenvalue weighted by Gasteiger charge is -2.08. The normalized spacial score (nSPS) is 10.1. The summed E-state index contributed by atoms with van der Waals surface area (Å²) in [4.78, 5) is 11.8. The zero-order valence-electron chi connectivity index (χ0n) is 11.7. The van der Waals surface area contributed by atoms with E-state index >= 15 is 0 Å². The van der Waals surface area contributed by atoms with Crippen LogP contribution in [0, 0.1) is 0 Å². The number of carbonyl (C=O) groups excluding carboxylic acids is 1. The number of hydrogen-bond donors (Lipinski definition) is 1. The van der Waals surface area contributed by atoms with Crippen molar-refractivity contribution in [3.05, 3.63) is 60.2 Å². The number of anilines is 1. The fourth-order valence-electron chi connectivity index (χ4n) is 1.87. The van der Waals surface area contributed by atoms with Crippen molar-refractivity contribution in [2.45, 2.75) is 12.8 Å². The molecule has 2 rings (SSSR count). The summed E-state index contributed by atoms with van der Waals surface area (Å²) in [6.45, 7) is 0.373. The monoisotopic (exact) mass is 347 g/mol. The quantitative estimate of drug-likeness (QED) is 0.767. The molecule has 0 atom stereocenters. The first kappa shape index (κ1) is 15.6. The Balaban J connectivity index is 1.74. The molecular weight excluding hydrogens is 330 g/mol. The van der Waals surface area contributed by atoms with Gasteiger partial charge < -0.3 is 10.1 Å². The molecule has 2 aromatic carbocycles. The number of rotatable bonds is 7. The van der Waals surface area contributed by atoms with Crippen molar-refractivity contribution < 1.29 is 9.53 Å². The molecule has 0 saturated heterocycles. The Hall–Kier alpha value is -1.81. The minimum atomic E-state index is -0.0424. The van der Waals surface area contributed by atoms with Gasteiger partial charge in [-0.2, -0.15) is 0 Å². The third kappa shape index (κ3) is 5.60. The number of hydrogen-bond acceptors (Lipinski definition) is 2. The average Bonchev–Trinajstić information content (AvgIpc) is 2.51. The number of carbonyl (C=O) groups is 1. The molecule has 0 fully saturated rings. The van der Waals surface area contributed by atoms with Crippen molar-refractivity contribution in [2.75, 3.05) is 17.3 Å². The molecule has 0 aliphatic heterocycles. The third-order valence-electron chi connectivity index (χ3n) is 2.96. The molecule has 2 aromatic rings. The highest BCUT2D eigenvalue weighted by molar-refractivity contribution is 9.09. The Morgan fingerprint density at radius 2 is 1.76 bits per heavy atom. The Kier molecular flexibility index (Phi) is 6.28. The van der Waals surface area contributed by atoms with Crippen LogP contribution in [0.25, 0.3) is 0 Å². The molecule has 0 unspecified atom stereocenters. The number of aryl methyl sites for hydroxylation is 1. The molecule has 0 aliphatic carbocycles. The van der Waals surface area contributed by atoms with Crippen LogP contribution in [-0.2, 0) is 11.2 Å². The first-order chi connectivity index (χ1) is 10.3. The van der Waals surface area contributed by atoms with Gasteiger partial charge in [0, 0.05) is 11.0 Å². The number of alkyl halides is 1. The smallest absolute Gasteiger partial charge is 0.227 e. The van der Waals surface area contributed by atoms with E-state index in [-0.39, 0.29) is 5.91 Å². The van der Waals surface area contributed by atoms with Crippen LogP contribution < -0.4 is 10.1 Å². The second kappa shape index (κ2) is 8.47. The predicted molar refractivity (Wildman–Crippen MR) is 89.1 cm³/mol. The molecule has 0 saturated carbocycles. The highest BCUT2D eigenvalue weighted by Crippen LogP contribution is 2.12. The maximum atomic E-state index is 11.8. The van der Waals surface area contributed by atoms with Gasteiger partial charge in [0.25, 0.3) is 0 Å². The minimum Gasteiger partial charge on any atom is -0.493 e. The Bertz CT molecular complexity index is 555. The first-order valence-corrected chi connectivity index (χ1v) is 8.02. The molecule has 4 heteroatoms. The molecule has 0 bridgehead atoms.